The number of amides is 1. The molecule has 1 aliphatic carbocycles. The number of nitrogens with two attached hydrogens (primary N) is 1. The van der Waals surface area contributed by atoms with Crippen molar-refractivity contribution >= 4 is 18.3 Å². The molecular weight excluding hydrogens is 326 g/mol. The molecule has 1 amide bonds. The summed E-state index contributed by atoms with van der Waals surface area (Å²) >= 11 is 0. The van der Waals surface area contributed by atoms with Crippen LogP contribution in [0.25, 0.3) is 0 Å². The lowest BCUT2D eigenvalue weighted by Crippen LogP contribution is -2.53. The van der Waals surface area contributed by atoms with Crippen molar-refractivity contribution in [3.8, 4) is 5.75 Å². The first kappa shape index (κ1) is 19.6. The number of hydrogen-bond donors (Lipinski definition) is 2. The van der Waals surface area contributed by atoms with Crippen LogP contribution >= 0.6 is 12.4 Å². The molecule has 1 saturated carbocycles. The van der Waals surface area contributed by atoms with Gasteiger partial charge in [0.25, 0.3) is 0 Å². The molecule has 1 aromatic rings. The number of nitrogens with one attached hydrogen (secondary N) is 1. The minimum Gasteiger partial charge on any atom is -0.491 e. The second-order valence-corrected chi connectivity index (χ2v) is 5.97. The van der Waals surface area contributed by atoms with E-state index >= 15 is 0 Å². The molecule has 23 heavy (non-hydrogen) atoms. The van der Waals surface area contributed by atoms with Crippen LogP contribution in [-0.2, 0) is 4.79 Å². The Kier molecular flexibility index (Phi) is 7.22. The number of halogens is 3. The predicted octanol–water partition coefficient (Wildman–Crippen LogP) is 2.79. The lowest BCUT2D eigenvalue weighted by atomic mass is 9.95. The highest BCUT2D eigenvalue weighted by atomic mass is 35.5. The molecule has 1 aromatic carbocycles. The van der Waals surface area contributed by atoms with Crippen molar-refractivity contribution < 1.29 is 18.3 Å². The fourth-order valence-electron chi connectivity index (χ4n) is 2.43. The molecule has 130 valence electrons. The minimum absolute atomic E-state index is 0. The van der Waals surface area contributed by atoms with Gasteiger partial charge < -0.3 is 15.8 Å². The Morgan fingerprint density at radius 3 is 2.70 bits per heavy atom. The molecule has 7 heteroatoms. The molecule has 0 heterocycles. The van der Waals surface area contributed by atoms with E-state index in [0.717, 1.165) is 25.0 Å². The van der Waals surface area contributed by atoms with Crippen LogP contribution in [0.15, 0.2) is 18.2 Å². The van der Waals surface area contributed by atoms with Crippen molar-refractivity contribution in [2.24, 2.45) is 11.7 Å². The summed E-state index contributed by atoms with van der Waals surface area (Å²) in [7, 11) is 0. The number of benzene rings is 1. The van der Waals surface area contributed by atoms with Crippen LogP contribution in [0.2, 0.25) is 0 Å². The number of rotatable bonds is 8. The maximum absolute atomic E-state index is 13.3. The van der Waals surface area contributed by atoms with Gasteiger partial charge in [-0.05, 0) is 44.2 Å². The average molecular weight is 349 g/mol. The van der Waals surface area contributed by atoms with Gasteiger partial charge in [0.2, 0.25) is 5.91 Å². The highest BCUT2D eigenvalue weighted by molar-refractivity contribution is 5.85. The first-order chi connectivity index (χ1) is 10.4. The highest BCUT2D eigenvalue weighted by Crippen LogP contribution is 2.39. The molecular formula is C16H23ClF2N2O2. The average Bonchev–Trinajstić information content (AvgIpc) is 3.30. The molecule has 0 saturated heterocycles. The quantitative estimate of drug-likeness (QED) is 0.710. The molecule has 0 spiro atoms. The molecule has 1 unspecified atom stereocenters. The maximum atomic E-state index is 13.3. The van der Waals surface area contributed by atoms with Crippen LogP contribution in [0.3, 0.4) is 0 Å². The zero-order valence-electron chi connectivity index (χ0n) is 13.1. The number of carbonyl (C=O) groups is 1. The van der Waals surface area contributed by atoms with Gasteiger partial charge in [0, 0.05) is 19.0 Å². The Balaban J connectivity index is 0.00000264. The van der Waals surface area contributed by atoms with Gasteiger partial charge in [-0.25, -0.2) is 8.78 Å². The lowest BCUT2D eigenvalue weighted by molar-refractivity contribution is -0.123. The topological polar surface area (TPSA) is 64.3 Å². The molecule has 1 fully saturated rings. The number of hydrogen-bond acceptors (Lipinski definition) is 3. The van der Waals surface area contributed by atoms with Crippen molar-refractivity contribution in [3.05, 3.63) is 29.8 Å². The van der Waals surface area contributed by atoms with Crippen molar-refractivity contribution in [2.75, 3.05) is 13.2 Å². The zero-order chi connectivity index (χ0) is 16.2. The molecule has 1 atom stereocenters. The van der Waals surface area contributed by atoms with E-state index in [2.05, 4.69) is 5.32 Å². The smallest absolute Gasteiger partial charge is 0.220 e. The normalized spacial score (nSPS) is 16.2. The predicted molar refractivity (Wildman–Crippen MR) is 86.7 cm³/mol. The summed E-state index contributed by atoms with van der Waals surface area (Å²) in [5, 5.41) is 2.98. The monoisotopic (exact) mass is 348 g/mol. The van der Waals surface area contributed by atoms with Gasteiger partial charge >= 0.3 is 0 Å². The van der Waals surface area contributed by atoms with Crippen molar-refractivity contribution in [3.63, 3.8) is 0 Å². The van der Waals surface area contributed by atoms with Crippen molar-refractivity contribution in [2.45, 2.75) is 38.1 Å². The van der Waals surface area contributed by atoms with Crippen LogP contribution in [0.5, 0.6) is 5.75 Å². The van der Waals surface area contributed by atoms with Gasteiger partial charge in [0.1, 0.15) is 5.82 Å². The third-order valence-corrected chi connectivity index (χ3v) is 4.03. The molecule has 2 rings (SSSR count). The molecule has 0 aliphatic heterocycles. The summed E-state index contributed by atoms with van der Waals surface area (Å²) in [4.78, 5) is 11.9. The van der Waals surface area contributed by atoms with Gasteiger partial charge in [0.15, 0.2) is 11.6 Å². The highest BCUT2D eigenvalue weighted by Gasteiger charge is 2.41. The van der Waals surface area contributed by atoms with E-state index < -0.39 is 11.6 Å². The zero-order valence-corrected chi connectivity index (χ0v) is 13.9. The molecule has 0 radical (unpaired) electrons. The third-order valence-electron chi connectivity index (χ3n) is 4.03. The Hall–Kier alpha value is -1.40. The molecule has 1 aliphatic rings. The van der Waals surface area contributed by atoms with Crippen LogP contribution < -0.4 is 15.8 Å². The standard InChI is InChI=1S/C16H22F2N2O2.ClH/c1-16(10-19,11-4-5-11)20-15(21)3-2-8-22-14-7-6-12(17)9-13(14)18;/h6-7,9,11H,2-5,8,10,19H2,1H3,(H,20,21);1H. The third kappa shape index (κ3) is 5.62. The van der Waals surface area contributed by atoms with E-state index in [1.165, 1.54) is 6.07 Å². The number of ether oxygens (including phenoxy) is 1. The minimum atomic E-state index is -0.742. The Labute approximate surface area is 141 Å². The summed E-state index contributed by atoms with van der Waals surface area (Å²) in [6.07, 6.45) is 2.93. The van der Waals surface area contributed by atoms with Crippen molar-refractivity contribution in [1.82, 2.24) is 5.32 Å². The van der Waals surface area contributed by atoms with Crippen molar-refractivity contribution in [1.29, 1.82) is 0 Å². The maximum Gasteiger partial charge on any atom is 0.220 e. The Bertz CT molecular complexity index is 541. The second kappa shape index (κ2) is 8.45. The van der Waals surface area contributed by atoms with Gasteiger partial charge in [0.05, 0.1) is 12.1 Å². The van der Waals surface area contributed by atoms with E-state index in [9.17, 15) is 13.6 Å². The molecule has 0 bridgehead atoms. The second-order valence-electron chi connectivity index (χ2n) is 5.97. The summed E-state index contributed by atoms with van der Waals surface area (Å²) in [5.41, 5.74) is 5.41. The Morgan fingerprint density at radius 2 is 2.13 bits per heavy atom. The summed E-state index contributed by atoms with van der Waals surface area (Å²) in [6.45, 7) is 2.58. The van der Waals surface area contributed by atoms with E-state index in [-0.39, 0.29) is 42.6 Å². The van der Waals surface area contributed by atoms with Gasteiger partial charge in [-0.15, -0.1) is 12.4 Å². The molecule has 0 aromatic heterocycles. The fraction of sp³-hybridized carbons (Fsp3) is 0.562. The van der Waals surface area contributed by atoms with E-state index in [0.29, 0.717) is 18.9 Å². The Morgan fingerprint density at radius 1 is 1.43 bits per heavy atom. The fourth-order valence-corrected chi connectivity index (χ4v) is 2.43. The number of carbonyl (C=O) groups excluding carboxylic acids is 1. The van der Waals surface area contributed by atoms with Gasteiger partial charge in [-0.2, -0.15) is 0 Å². The van der Waals surface area contributed by atoms with Crippen LogP contribution in [-0.4, -0.2) is 24.6 Å². The molecule has 4 nitrogen and oxygen atoms in total. The van der Waals surface area contributed by atoms with Crippen LogP contribution in [0.1, 0.15) is 32.6 Å². The van der Waals surface area contributed by atoms with E-state index in [1.54, 1.807) is 0 Å². The summed E-state index contributed by atoms with van der Waals surface area (Å²) in [6, 6.07) is 3.14. The first-order valence-corrected chi connectivity index (χ1v) is 7.53. The van der Waals surface area contributed by atoms with E-state index in [1.807, 2.05) is 6.92 Å². The lowest BCUT2D eigenvalue weighted by Gasteiger charge is -2.29. The first-order valence-electron chi connectivity index (χ1n) is 7.53. The van der Waals surface area contributed by atoms with Gasteiger partial charge in [-0.3, -0.25) is 4.79 Å². The van der Waals surface area contributed by atoms with E-state index in [4.69, 9.17) is 10.5 Å². The molecule has 3 N–H and O–H groups in total. The van der Waals surface area contributed by atoms with Crippen LogP contribution in [0, 0.1) is 17.6 Å². The largest absolute Gasteiger partial charge is 0.491 e. The van der Waals surface area contributed by atoms with Crippen LogP contribution in [0.4, 0.5) is 8.78 Å². The SMILES string of the molecule is CC(CN)(NC(=O)CCCOc1ccc(F)cc1F)C1CC1.Cl. The summed E-state index contributed by atoms with van der Waals surface area (Å²) < 4.78 is 31.3. The van der Waals surface area contributed by atoms with Gasteiger partial charge in [-0.1, -0.05) is 0 Å². The summed E-state index contributed by atoms with van der Waals surface area (Å²) in [5.74, 6) is -1.01.